The van der Waals surface area contributed by atoms with Crippen molar-refractivity contribution in [1.29, 1.82) is 0 Å². The maximum Gasteiger partial charge on any atom is 0.213 e. The summed E-state index contributed by atoms with van der Waals surface area (Å²) in [5.41, 5.74) is 3.93. The molecule has 0 saturated carbocycles. The molecule has 0 aliphatic rings. The first-order chi connectivity index (χ1) is 16.0. The van der Waals surface area contributed by atoms with Gasteiger partial charge < -0.3 is 10.1 Å². The van der Waals surface area contributed by atoms with E-state index in [1.165, 1.54) is 18.6 Å². The van der Waals surface area contributed by atoms with Crippen LogP contribution in [0.15, 0.2) is 73.3 Å². The summed E-state index contributed by atoms with van der Waals surface area (Å²) in [6.07, 6.45) is 5.58. The molecule has 4 rings (SSSR count). The molecular weight excluding hydrogens is 417 g/mol. The maximum absolute atomic E-state index is 13.5. The Balaban J connectivity index is 1.57. The highest BCUT2D eigenvalue weighted by Gasteiger charge is 2.27. The number of pyridine rings is 2. The van der Waals surface area contributed by atoms with Crippen molar-refractivity contribution in [3.8, 4) is 28.3 Å². The van der Waals surface area contributed by atoms with E-state index in [0.717, 1.165) is 34.8 Å². The summed E-state index contributed by atoms with van der Waals surface area (Å²) in [5, 5.41) is 3.47. The minimum Gasteiger partial charge on any atom is -0.496 e. The minimum atomic E-state index is -0.540. The summed E-state index contributed by atoms with van der Waals surface area (Å²) in [7, 11) is 1.70. The number of aromatic nitrogens is 4. The Morgan fingerprint density at radius 3 is 2.39 bits per heavy atom. The molecule has 7 heteroatoms. The van der Waals surface area contributed by atoms with Crippen molar-refractivity contribution in [2.24, 2.45) is 0 Å². The third-order valence-electron chi connectivity index (χ3n) is 5.94. The lowest BCUT2D eigenvalue weighted by Crippen LogP contribution is -2.31. The van der Waals surface area contributed by atoms with Crippen LogP contribution in [0, 0.1) is 5.95 Å². The number of hydrogen-bond acceptors (Lipinski definition) is 6. The van der Waals surface area contributed by atoms with Gasteiger partial charge in [-0.05, 0) is 30.7 Å². The molecule has 0 aliphatic heterocycles. The van der Waals surface area contributed by atoms with E-state index in [0.29, 0.717) is 17.8 Å². The summed E-state index contributed by atoms with van der Waals surface area (Å²) >= 11 is 0. The zero-order valence-electron chi connectivity index (χ0n) is 18.9. The molecule has 1 N–H and O–H groups in total. The van der Waals surface area contributed by atoms with Crippen LogP contribution in [-0.4, -0.2) is 33.6 Å². The zero-order valence-corrected chi connectivity index (χ0v) is 18.9. The van der Waals surface area contributed by atoms with Gasteiger partial charge in [0.05, 0.1) is 18.5 Å². The van der Waals surface area contributed by atoms with E-state index in [4.69, 9.17) is 4.74 Å². The van der Waals surface area contributed by atoms with Crippen LogP contribution in [0.5, 0.6) is 5.75 Å². The highest BCUT2D eigenvalue weighted by atomic mass is 19.1. The number of benzene rings is 1. The van der Waals surface area contributed by atoms with Crippen LogP contribution in [0.3, 0.4) is 0 Å². The van der Waals surface area contributed by atoms with Crippen LogP contribution in [0.4, 0.5) is 10.2 Å². The molecule has 0 unspecified atom stereocenters. The highest BCUT2D eigenvalue weighted by molar-refractivity contribution is 5.69. The SMILES string of the molecule is CC[C@](C)(CNc1cc(-c2ccnc(-c3ccnc(F)c3)c2)ncn1)c1ccccc1OC. The van der Waals surface area contributed by atoms with Crippen molar-refractivity contribution in [1.82, 2.24) is 19.9 Å². The molecule has 0 bridgehead atoms. The van der Waals surface area contributed by atoms with Gasteiger partial charge in [0.15, 0.2) is 0 Å². The second kappa shape index (κ2) is 9.73. The number of ether oxygens (including phenoxy) is 1. The molecular formula is C26H26FN5O. The van der Waals surface area contributed by atoms with Gasteiger partial charge in [0, 0.05) is 53.2 Å². The van der Waals surface area contributed by atoms with Crippen molar-refractivity contribution >= 4 is 5.82 Å². The first-order valence-electron chi connectivity index (χ1n) is 10.8. The number of halogens is 1. The largest absolute Gasteiger partial charge is 0.496 e. The smallest absolute Gasteiger partial charge is 0.213 e. The molecule has 3 aromatic heterocycles. The number of para-hydroxylation sites is 1. The van der Waals surface area contributed by atoms with Crippen LogP contribution in [0.1, 0.15) is 25.8 Å². The van der Waals surface area contributed by atoms with E-state index in [-0.39, 0.29) is 5.41 Å². The van der Waals surface area contributed by atoms with Crippen LogP contribution in [0.2, 0.25) is 0 Å². The van der Waals surface area contributed by atoms with Crippen LogP contribution >= 0.6 is 0 Å². The van der Waals surface area contributed by atoms with Crippen molar-refractivity contribution in [2.75, 3.05) is 19.0 Å². The average molecular weight is 444 g/mol. The molecule has 168 valence electrons. The van der Waals surface area contributed by atoms with Gasteiger partial charge in [-0.3, -0.25) is 4.98 Å². The Morgan fingerprint density at radius 1 is 0.909 bits per heavy atom. The monoisotopic (exact) mass is 443 g/mol. The van der Waals surface area contributed by atoms with Gasteiger partial charge in [-0.1, -0.05) is 32.0 Å². The molecule has 1 atom stereocenters. The standard InChI is InChI=1S/C26H26FN5O/c1-4-26(2,20-7-5-6-8-23(20)33-3)16-30-25-15-22(31-17-32-25)18-9-11-28-21(13-18)19-10-12-29-24(27)14-19/h5-15,17H,4,16H2,1-3H3,(H,30,31,32)/t26-/m1/s1. The van der Waals surface area contributed by atoms with E-state index in [1.54, 1.807) is 19.4 Å². The summed E-state index contributed by atoms with van der Waals surface area (Å²) in [4.78, 5) is 16.8. The van der Waals surface area contributed by atoms with E-state index in [1.807, 2.05) is 36.4 Å². The molecule has 0 spiro atoms. The van der Waals surface area contributed by atoms with Crippen molar-refractivity contribution in [2.45, 2.75) is 25.7 Å². The molecule has 0 radical (unpaired) electrons. The van der Waals surface area contributed by atoms with Gasteiger partial charge in [0.25, 0.3) is 0 Å². The van der Waals surface area contributed by atoms with Crippen molar-refractivity contribution in [3.05, 3.63) is 84.8 Å². The Kier molecular flexibility index (Phi) is 6.58. The Morgan fingerprint density at radius 2 is 1.64 bits per heavy atom. The number of rotatable bonds is 8. The number of methoxy groups -OCH3 is 1. The fourth-order valence-corrected chi connectivity index (χ4v) is 3.76. The molecule has 0 aliphatic carbocycles. The maximum atomic E-state index is 13.5. The van der Waals surface area contributed by atoms with E-state index < -0.39 is 5.95 Å². The number of hydrogen-bond donors (Lipinski definition) is 1. The lowest BCUT2D eigenvalue weighted by atomic mass is 9.79. The van der Waals surface area contributed by atoms with Gasteiger partial charge in [-0.25, -0.2) is 15.0 Å². The summed E-state index contributed by atoms with van der Waals surface area (Å²) in [5.74, 6) is 1.06. The number of nitrogens with one attached hydrogen (secondary N) is 1. The van der Waals surface area contributed by atoms with Gasteiger partial charge >= 0.3 is 0 Å². The summed E-state index contributed by atoms with van der Waals surface area (Å²) in [6.45, 7) is 5.06. The molecule has 4 aromatic rings. The molecule has 33 heavy (non-hydrogen) atoms. The Hall–Kier alpha value is -3.87. The molecule has 0 saturated heterocycles. The molecule has 0 amide bonds. The average Bonchev–Trinajstić information content (AvgIpc) is 2.87. The summed E-state index contributed by atoms with van der Waals surface area (Å²) < 4.78 is 19.1. The zero-order chi connectivity index (χ0) is 23.3. The Bertz CT molecular complexity index is 1250. The lowest BCUT2D eigenvalue weighted by molar-refractivity contribution is 0.385. The van der Waals surface area contributed by atoms with Gasteiger partial charge in [-0.15, -0.1) is 0 Å². The topological polar surface area (TPSA) is 72.8 Å². The fourth-order valence-electron chi connectivity index (χ4n) is 3.76. The second-order valence-corrected chi connectivity index (χ2v) is 8.05. The van der Waals surface area contributed by atoms with Gasteiger partial charge in [0.2, 0.25) is 5.95 Å². The van der Waals surface area contributed by atoms with Crippen molar-refractivity contribution in [3.63, 3.8) is 0 Å². The van der Waals surface area contributed by atoms with E-state index in [9.17, 15) is 4.39 Å². The molecule has 1 aromatic carbocycles. The number of nitrogens with zero attached hydrogens (tertiary/aromatic N) is 4. The molecule has 0 fully saturated rings. The summed E-state index contributed by atoms with van der Waals surface area (Å²) in [6, 6.07) is 16.9. The second-order valence-electron chi connectivity index (χ2n) is 8.05. The predicted octanol–water partition coefficient (Wildman–Crippen LogP) is 5.53. The van der Waals surface area contributed by atoms with Crippen LogP contribution in [-0.2, 0) is 5.41 Å². The van der Waals surface area contributed by atoms with Crippen LogP contribution in [0.25, 0.3) is 22.5 Å². The third-order valence-corrected chi connectivity index (χ3v) is 5.94. The van der Waals surface area contributed by atoms with Gasteiger partial charge in [0.1, 0.15) is 17.9 Å². The third kappa shape index (κ3) is 4.98. The van der Waals surface area contributed by atoms with E-state index in [2.05, 4.69) is 45.2 Å². The first-order valence-corrected chi connectivity index (χ1v) is 10.8. The van der Waals surface area contributed by atoms with Crippen LogP contribution < -0.4 is 10.1 Å². The molecule has 6 nitrogen and oxygen atoms in total. The minimum absolute atomic E-state index is 0.146. The predicted molar refractivity (Wildman–Crippen MR) is 128 cm³/mol. The quantitative estimate of drug-likeness (QED) is 0.361. The Labute approximate surface area is 192 Å². The van der Waals surface area contributed by atoms with E-state index >= 15 is 0 Å². The fraction of sp³-hybridized carbons (Fsp3) is 0.231. The van der Waals surface area contributed by atoms with Crippen molar-refractivity contribution < 1.29 is 9.13 Å². The highest BCUT2D eigenvalue weighted by Crippen LogP contribution is 2.34. The molecule has 3 heterocycles. The first kappa shape index (κ1) is 22.3. The lowest BCUT2D eigenvalue weighted by Gasteiger charge is -2.31. The van der Waals surface area contributed by atoms with Gasteiger partial charge in [-0.2, -0.15) is 4.39 Å². The normalized spacial score (nSPS) is 12.7. The number of anilines is 1.